The summed E-state index contributed by atoms with van der Waals surface area (Å²) in [4.78, 5) is 12.2. The fourth-order valence-corrected chi connectivity index (χ4v) is 2.31. The van der Waals surface area contributed by atoms with Crippen LogP contribution in [0.2, 0.25) is 0 Å². The predicted octanol–water partition coefficient (Wildman–Crippen LogP) is 3.05. The number of aromatic nitrogens is 2. The number of nitrogens with one attached hydrogen (secondary N) is 2. The summed E-state index contributed by atoms with van der Waals surface area (Å²) in [6, 6.07) is 19.6. The molecule has 1 aromatic heterocycles. The highest BCUT2D eigenvalue weighted by atomic mass is 16.1. The van der Waals surface area contributed by atoms with E-state index in [4.69, 9.17) is 0 Å². The maximum absolute atomic E-state index is 12.2. The topological polar surface area (TPSA) is 57.8 Å². The molecule has 1 heterocycles. The van der Waals surface area contributed by atoms with Crippen LogP contribution in [-0.2, 0) is 6.42 Å². The van der Waals surface area contributed by atoms with Gasteiger partial charge in [-0.15, -0.1) is 0 Å². The quantitative estimate of drug-likeness (QED) is 0.759. The van der Waals surface area contributed by atoms with E-state index in [2.05, 4.69) is 15.5 Å². The second-order valence-corrected chi connectivity index (χ2v) is 5.03. The number of carbonyl (C=O) groups is 1. The van der Waals surface area contributed by atoms with Gasteiger partial charge >= 0.3 is 0 Å². The molecule has 110 valence electrons. The highest BCUT2D eigenvalue weighted by molar-refractivity contribution is 5.95. The zero-order valence-corrected chi connectivity index (χ0v) is 12.1. The zero-order valence-electron chi connectivity index (χ0n) is 12.1. The Bertz CT molecular complexity index is 736. The molecule has 2 N–H and O–H groups in total. The van der Waals surface area contributed by atoms with Gasteiger partial charge < -0.3 is 5.32 Å². The van der Waals surface area contributed by atoms with E-state index < -0.39 is 0 Å². The third-order valence-electron chi connectivity index (χ3n) is 3.47. The minimum absolute atomic E-state index is 0.0581. The second-order valence-electron chi connectivity index (χ2n) is 5.03. The number of aromatic amines is 1. The molecule has 3 aromatic rings. The van der Waals surface area contributed by atoms with E-state index in [0.717, 1.165) is 23.2 Å². The third kappa shape index (κ3) is 3.41. The van der Waals surface area contributed by atoms with Gasteiger partial charge in [-0.05, 0) is 29.3 Å². The van der Waals surface area contributed by atoms with Crippen molar-refractivity contribution in [1.82, 2.24) is 15.5 Å². The number of hydrogen-bond acceptors (Lipinski definition) is 2. The molecule has 0 aliphatic carbocycles. The summed E-state index contributed by atoms with van der Waals surface area (Å²) in [5.41, 5.74) is 3.83. The molecule has 4 nitrogen and oxygen atoms in total. The van der Waals surface area contributed by atoms with Gasteiger partial charge in [0, 0.05) is 30.4 Å². The van der Waals surface area contributed by atoms with E-state index in [0.29, 0.717) is 12.1 Å². The van der Waals surface area contributed by atoms with Crippen molar-refractivity contribution in [2.45, 2.75) is 6.42 Å². The first kappa shape index (κ1) is 14.1. The minimum atomic E-state index is -0.0581. The number of rotatable bonds is 5. The smallest absolute Gasteiger partial charge is 0.251 e. The monoisotopic (exact) mass is 291 g/mol. The average molecular weight is 291 g/mol. The molecule has 0 aliphatic heterocycles. The molecule has 0 unspecified atom stereocenters. The van der Waals surface area contributed by atoms with E-state index in [9.17, 15) is 4.79 Å². The molecule has 0 bridgehead atoms. The van der Waals surface area contributed by atoms with Crippen molar-refractivity contribution in [3.63, 3.8) is 0 Å². The lowest BCUT2D eigenvalue weighted by molar-refractivity contribution is 0.0954. The summed E-state index contributed by atoms with van der Waals surface area (Å²) in [5, 5.41) is 9.69. The van der Waals surface area contributed by atoms with Gasteiger partial charge in [0.2, 0.25) is 0 Å². The zero-order chi connectivity index (χ0) is 15.2. The van der Waals surface area contributed by atoms with Gasteiger partial charge in [-0.3, -0.25) is 9.89 Å². The van der Waals surface area contributed by atoms with Crippen LogP contribution in [-0.4, -0.2) is 22.6 Å². The molecular formula is C18H17N3O. The number of nitrogens with zero attached hydrogens (tertiary/aromatic N) is 1. The Morgan fingerprint density at radius 3 is 2.59 bits per heavy atom. The van der Waals surface area contributed by atoms with Crippen molar-refractivity contribution >= 4 is 5.91 Å². The molecule has 0 spiro atoms. The van der Waals surface area contributed by atoms with Gasteiger partial charge in [0.1, 0.15) is 0 Å². The Labute approximate surface area is 129 Å². The van der Waals surface area contributed by atoms with Crippen molar-refractivity contribution in [2.75, 3.05) is 6.54 Å². The molecule has 0 radical (unpaired) electrons. The number of carbonyl (C=O) groups excluding carboxylic acids is 1. The first-order chi connectivity index (χ1) is 10.8. The molecule has 0 saturated carbocycles. The van der Waals surface area contributed by atoms with E-state index in [1.807, 2.05) is 60.7 Å². The summed E-state index contributed by atoms with van der Waals surface area (Å²) < 4.78 is 0. The van der Waals surface area contributed by atoms with Crippen LogP contribution in [0.3, 0.4) is 0 Å². The highest BCUT2D eigenvalue weighted by Crippen LogP contribution is 2.19. The maximum Gasteiger partial charge on any atom is 0.251 e. The molecule has 22 heavy (non-hydrogen) atoms. The van der Waals surface area contributed by atoms with Crippen LogP contribution in [0.1, 0.15) is 16.1 Å². The van der Waals surface area contributed by atoms with E-state index in [1.165, 1.54) is 0 Å². The molecule has 0 fully saturated rings. The Kier molecular flexibility index (Phi) is 4.30. The van der Waals surface area contributed by atoms with Crippen LogP contribution in [0.15, 0.2) is 66.9 Å². The van der Waals surface area contributed by atoms with Crippen molar-refractivity contribution in [2.24, 2.45) is 0 Å². The van der Waals surface area contributed by atoms with E-state index >= 15 is 0 Å². The largest absolute Gasteiger partial charge is 0.352 e. The standard InChI is InChI=1S/C18H17N3O/c22-18(19-11-9-17-10-12-20-21-17)16-8-4-7-15(13-16)14-5-2-1-3-6-14/h1-8,10,12-13H,9,11H2,(H,19,22)(H,20,21). The number of H-pyrrole nitrogens is 1. The lowest BCUT2D eigenvalue weighted by Crippen LogP contribution is -2.25. The highest BCUT2D eigenvalue weighted by Gasteiger charge is 2.06. The Balaban J connectivity index is 1.65. The van der Waals surface area contributed by atoms with Gasteiger partial charge in [0.05, 0.1) is 0 Å². The summed E-state index contributed by atoms with van der Waals surface area (Å²) >= 11 is 0. The summed E-state index contributed by atoms with van der Waals surface area (Å²) in [6.07, 6.45) is 2.45. The Hall–Kier alpha value is -2.88. The third-order valence-corrected chi connectivity index (χ3v) is 3.47. The van der Waals surface area contributed by atoms with Gasteiger partial charge in [-0.1, -0.05) is 42.5 Å². The van der Waals surface area contributed by atoms with Gasteiger partial charge in [-0.25, -0.2) is 0 Å². The van der Waals surface area contributed by atoms with E-state index in [1.54, 1.807) is 6.20 Å². The van der Waals surface area contributed by atoms with Gasteiger partial charge in [-0.2, -0.15) is 5.10 Å². The molecule has 2 aromatic carbocycles. The van der Waals surface area contributed by atoms with Crippen molar-refractivity contribution < 1.29 is 4.79 Å². The second kappa shape index (κ2) is 6.72. The van der Waals surface area contributed by atoms with Crippen molar-refractivity contribution in [1.29, 1.82) is 0 Å². The fourth-order valence-electron chi connectivity index (χ4n) is 2.31. The normalized spacial score (nSPS) is 10.4. The number of hydrogen-bond donors (Lipinski definition) is 2. The van der Waals surface area contributed by atoms with Gasteiger partial charge in [0.15, 0.2) is 0 Å². The lowest BCUT2D eigenvalue weighted by Gasteiger charge is -2.07. The first-order valence-corrected chi connectivity index (χ1v) is 7.25. The maximum atomic E-state index is 12.2. The fraction of sp³-hybridized carbons (Fsp3) is 0.111. The van der Waals surface area contributed by atoms with Crippen LogP contribution >= 0.6 is 0 Å². The number of benzene rings is 2. The lowest BCUT2D eigenvalue weighted by atomic mass is 10.0. The summed E-state index contributed by atoms with van der Waals surface area (Å²) in [5.74, 6) is -0.0581. The SMILES string of the molecule is O=C(NCCc1ccn[nH]1)c1cccc(-c2ccccc2)c1. The molecule has 0 aliphatic rings. The first-order valence-electron chi connectivity index (χ1n) is 7.25. The predicted molar refractivity (Wildman–Crippen MR) is 86.5 cm³/mol. The van der Waals surface area contributed by atoms with Crippen LogP contribution in [0, 0.1) is 0 Å². The average Bonchev–Trinajstić information content (AvgIpc) is 3.09. The summed E-state index contributed by atoms with van der Waals surface area (Å²) in [7, 11) is 0. The van der Waals surface area contributed by atoms with Crippen molar-refractivity contribution in [3.8, 4) is 11.1 Å². The minimum Gasteiger partial charge on any atom is -0.352 e. The Morgan fingerprint density at radius 2 is 1.82 bits per heavy atom. The summed E-state index contributed by atoms with van der Waals surface area (Å²) in [6.45, 7) is 0.580. The Morgan fingerprint density at radius 1 is 1.00 bits per heavy atom. The van der Waals surface area contributed by atoms with Gasteiger partial charge in [0.25, 0.3) is 5.91 Å². The molecule has 4 heteroatoms. The van der Waals surface area contributed by atoms with E-state index in [-0.39, 0.29) is 5.91 Å². The van der Waals surface area contributed by atoms with Crippen LogP contribution < -0.4 is 5.32 Å². The molecule has 3 rings (SSSR count). The van der Waals surface area contributed by atoms with Crippen LogP contribution in [0.5, 0.6) is 0 Å². The molecule has 1 amide bonds. The van der Waals surface area contributed by atoms with Crippen molar-refractivity contribution in [3.05, 3.63) is 78.1 Å². The van der Waals surface area contributed by atoms with Crippen LogP contribution in [0.25, 0.3) is 11.1 Å². The molecular weight excluding hydrogens is 274 g/mol. The molecule has 0 atom stereocenters. The van der Waals surface area contributed by atoms with Crippen LogP contribution in [0.4, 0.5) is 0 Å². The molecule has 0 saturated heterocycles. The number of amides is 1.